The first-order valence-corrected chi connectivity index (χ1v) is 12.4. The van der Waals surface area contributed by atoms with Crippen molar-refractivity contribution in [2.75, 3.05) is 31.9 Å². The van der Waals surface area contributed by atoms with E-state index in [9.17, 15) is 18.5 Å². The first-order valence-electron chi connectivity index (χ1n) is 8.77. The number of amides is 1. The van der Waals surface area contributed by atoms with Crippen LogP contribution in [-0.4, -0.2) is 60.4 Å². The van der Waals surface area contributed by atoms with E-state index in [1.165, 1.54) is 22.1 Å². The van der Waals surface area contributed by atoms with Crippen molar-refractivity contribution in [1.82, 2.24) is 14.2 Å². The molecule has 2 aromatic rings. The van der Waals surface area contributed by atoms with Crippen molar-refractivity contribution in [3.8, 4) is 6.07 Å². The van der Waals surface area contributed by atoms with Crippen LogP contribution in [0.2, 0.25) is 4.34 Å². The van der Waals surface area contributed by atoms with Crippen LogP contribution in [0.3, 0.4) is 0 Å². The molecule has 0 saturated carbocycles. The maximum Gasteiger partial charge on any atom is 0.252 e. The monoisotopic (exact) mass is 470 g/mol. The Bertz CT molecular complexity index is 1070. The Morgan fingerprint density at radius 1 is 1.31 bits per heavy atom. The van der Waals surface area contributed by atoms with E-state index >= 15 is 0 Å². The molecular weight excluding hydrogens is 452 g/mol. The van der Waals surface area contributed by atoms with Gasteiger partial charge in [-0.3, -0.25) is 4.79 Å². The van der Waals surface area contributed by atoms with Crippen molar-refractivity contribution in [2.45, 2.75) is 23.1 Å². The molecule has 3 rings (SSSR count). The summed E-state index contributed by atoms with van der Waals surface area (Å²) in [4.78, 5) is 18.6. The average molecular weight is 471 g/mol. The van der Waals surface area contributed by atoms with Crippen LogP contribution in [0.25, 0.3) is 0 Å². The first-order chi connectivity index (χ1) is 13.7. The van der Waals surface area contributed by atoms with E-state index in [1.54, 1.807) is 11.0 Å². The van der Waals surface area contributed by atoms with Gasteiger partial charge in [0.25, 0.3) is 10.0 Å². The fourth-order valence-corrected chi connectivity index (χ4v) is 7.07. The minimum Gasteiger partial charge on any atom is -0.339 e. The highest BCUT2D eigenvalue weighted by molar-refractivity contribution is 8.00. The molecular formula is C18H19ClN4O3S3. The zero-order chi connectivity index (χ0) is 21.2. The number of carbonyl (C=O) groups is 1. The second-order valence-corrected chi connectivity index (χ2v) is 11.3. The summed E-state index contributed by atoms with van der Waals surface area (Å²) >= 11 is 8.12. The molecule has 0 unspecified atom stereocenters. The zero-order valence-electron chi connectivity index (χ0n) is 15.9. The van der Waals surface area contributed by atoms with Gasteiger partial charge in [0.2, 0.25) is 5.91 Å². The largest absolute Gasteiger partial charge is 0.339 e. The first kappa shape index (κ1) is 22.1. The highest BCUT2D eigenvalue weighted by atomic mass is 35.5. The van der Waals surface area contributed by atoms with E-state index < -0.39 is 10.0 Å². The van der Waals surface area contributed by atoms with Gasteiger partial charge in [0.15, 0.2) is 0 Å². The summed E-state index contributed by atoms with van der Waals surface area (Å²) in [5.74, 6) is 0.0498. The predicted octanol–water partition coefficient (Wildman–Crippen LogP) is 2.91. The molecule has 1 amide bonds. The zero-order valence-corrected chi connectivity index (χ0v) is 19.1. The smallest absolute Gasteiger partial charge is 0.252 e. The number of nitriles is 1. The van der Waals surface area contributed by atoms with Gasteiger partial charge in [-0.2, -0.15) is 9.57 Å². The summed E-state index contributed by atoms with van der Waals surface area (Å²) in [5, 5.41) is 9.89. The van der Waals surface area contributed by atoms with Crippen LogP contribution in [0.15, 0.2) is 27.4 Å². The van der Waals surface area contributed by atoms with Crippen LogP contribution in [0.4, 0.5) is 0 Å². The molecule has 0 spiro atoms. The van der Waals surface area contributed by atoms with Gasteiger partial charge in [-0.05, 0) is 37.6 Å². The lowest BCUT2D eigenvalue weighted by atomic mass is 10.1. The summed E-state index contributed by atoms with van der Waals surface area (Å²) in [6.07, 6.45) is 0. The second kappa shape index (κ2) is 9.02. The number of halogens is 1. The predicted molar refractivity (Wildman–Crippen MR) is 114 cm³/mol. The van der Waals surface area contributed by atoms with Crippen LogP contribution in [0, 0.1) is 25.2 Å². The van der Waals surface area contributed by atoms with Gasteiger partial charge in [-0.15, -0.1) is 11.3 Å². The van der Waals surface area contributed by atoms with Crippen molar-refractivity contribution < 1.29 is 13.2 Å². The molecule has 1 saturated heterocycles. The fourth-order valence-electron chi connectivity index (χ4n) is 3.01. The SMILES string of the molecule is Cc1cc(C)c(C#N)c(SCC(=O)N2CCN(S(=O)(=O)c3ccc(Cl)s3)CC2)n1. The molecule has 0 N–H and O–H groups in total. The summed E-state index contributed by atoms with van der Waals surface area (Å²) in [6, 6.07) is 7.04. The number of carbonyl (C=O) groups excluding carboxylic acids is 1. The highest BCUT2D eigenvalue weighted by Crippen LogP contribution is 2.29. The lowest BCUT2D eigenvalue weighted by Gasteiger charge is -2.33. The summed E-state index contributed by atoms with van der Waals surface area (Å²) < 4.78 is 27.3. The Morgan fingerprint density at radius 2 is 2.00 bits per heavy atom. The van der Waals surface area contributed by atoms with Crippen LogP contribution in [0.5, 0.6) is 0 Å². The maximum absolute atomic E-state index is 12.7. The molecule has 11 heteroatoms. The third-order valence-corrected chi connectivity index (χ3v) is 9.05. The van der Waals surface area contributed by atoms with Gasteiger partial charge in [0, 0.05) is 31.9 Å². The van der Waals surface area contributed by atoms with Crippen LogP contribution < -0.4 is 0 Å². The van der Waals surface area contributed by atoms with Gasteiger partial charge >= 0.3 is 0 Å². The summed E-state index contributed by atoms with van der Waals surface area (Å²) in [6.45, 7) is 4.81. The number of aryl methyl sites for hydroxylation is 2. The number of pyridine rings is 1. The number of hydrogen-bond donors (Lipinski definition) is 0. The third-order valence-electron chi connectivity index (χ3n) is 4.49. The van der Waals surface area contributed by atoms with Crippen molar-refractivity contribution in [2.24, 2.45) is 0 Å². The second-order valence-electron chi connectivity index (χ2n) is 6.50. The van der Waals surface area contributed by atoms with E-state index in [0.29, 0.717) is 28.0 Å². The average Bonchev–Trinajstić information content (AvgIpc) is 3.13. The van der Waals surface area contributed by atoms with Crippen LogP contribution >= 0.6 is 34.7 Å². The Labute approximate surface area is 183 Å². The fraction of sp³-hybridized carbons (Fsp3) is 0.389. The van der Waals surface area contributed by atoms with Crippen molar-refractivity contribution >= 4 is 50.6 Å². The molecule has 3 heterocycles. The number of nitrogens with zero attached hydrogens (tertiary/aromatic N) is 4. The molecule has 2 aromatic heterocycles. The number of thiophene rings is 1. The van der Waals surface area contributed by atoms with Gasteiger partial charge in [0.1, 0.15) is 15.3 Å². The maximum atomic E-state index is 12.7. The van der Waals surface area contributed by atoms with E-state index in [0.717, 1.165) is 22.6 Å². The molecule has 154 valence electrons. The summed E-state index contributed by atoms with van der Waals surface area (Å²) in [7, 11) is -3.59. The lowest BCUT2D eigenvalue weighted by Crippen LogP contribution is -2.50. The number of hydrogen-bond acceptors (Lipinski definition) is 7. The quantitative estimate of drug-likeness (QED) is 0.623. The van der Waals surface area contributed by atoms with Crippen LogP contribution in [0.1, 0.15) is 16.8 Å². The Hall–Kier alpha value is -1.64. The van der Waals surface area contributed by atoms with Crippen molar-refractivity contribution in [3.05, 3.63) is 39.4 Å². The summed E-state index contributed by atoms with van der Waals surface area (Å²) in [5.41, 5.74) is 2.12. The standard InChI is InChI=1S/C18H19ClN4O3S3/c1-12-9-13(2)21-18(14(12)10-20)27-11-16(24)22-5-7-23(8-6-22)29(25,26)17-4-3-15(19)28-17/h3-4,9H,5-8,11H2,1-2H3. The van der Waals surface area contributed by atoms with Gasteiger partial charge in [-0.25, -0.2) is 13.4 Å². The molecule has 0 aromatic carbocycles. The van der Waals surface area contributed by atoms with E-state index in [2.05, 4.69) is 11.1 Å². The number of piperazine rings is 1. The van der Waals surface area contributed by atoms with E-state index in [4.69, 9.17) is 11.6 Å². The third kappa shape index (κ3) is 4.92. The molecule has 29 heavy (non-hydrogen) atoms. The van der Waals surface area contributed by atoms with E-state index in [-0.39, 0.29) is 29.0 Å². The Balaban J connectivity index is 1.59. The normalized spacial score (nSPS) is 15.3. The minimum absolute atomic E-state index is 0.101. The number of rotatable bonds is 5. The molecule has 0 atom stereocenters. The van der Waals surface area contributed by atoms with Crippen molar-refractivity contribution in [3.63, 3.8) is 0 Å². The van der Waals surface area contributed by atoms with Gasteiger partial charge in [0.05, 0.1) is 15.7 Å². The van der Waals surface area contributed by atoms with Gasteiger partial charge < -0.3 is 4.90 Å². The van der Waals surface area contributed by atoms with Crippen LogP contribution in [-0.2, 0) is 14.8 Å². The number of thioether (sulfide) groups is 1. The topological polar surface area (TPSA) is 94.4 Å². The molecule has 0 bridgehead atoms. The Morgan fingerprint density at radius 3 is 2.59 bits per heavy atom. The van der Waals surface area contributed by atoms with E-state index in [1.807, 2.05) is 19.9 Å². The molecule has 0 aliphatic carbocycles. The highest BCUT2D eigenvalue weighted by Gasteiger charge is 2.31. The number of aromatic nitrogens is 1. The molecule has 1 aliphatic rings. The molecule has 1 aliphatic heterocycles. The minimum atomic E-state index is -3.59. The molecule has 1 fully saturated rings. The lowest BCUT2D eigenvalue weighted by molar-refractivity contribution is -0.129. The van der Waals surface area contributed by atoms with Crippen molar-refractivity contribution in [1.29, 1.82) is 5.26 Å². The number of sulfonamides is 1. The van der Waals surface area contributed by atoms with Gasteiger partial charge in [-0.1, -0.05) is 23.4 Å². The Kier molecular flexibility index (Phi) is 6.86. The molecule has 0 radical (unpaired) electrons. The molecule has 7 nitrogen and oxygen atoms in total.